The number of carbonyl (C=O) groups excluding carboxylic acids is 4. The zero-order chi connectivity index (χ0) is 40.4. The first-order valence-corrected chi connectivity index (χ1v) is 18.3. The van der Waals surface area contributed by atoms with Gasteiger partial charge in [0.15, 0.2) is 33.0 Å². The van der Waals surface area contributed by atoms with Crippen molar-refractivity contribution < 1.29 is 60.9 Å². The number of amides is 4. The molecule has 2 aliphatic heterocycles. The number of imide groups is 2. The molecule has 3 aromatic rings. The molecule has 3 fully saturated rings. The summed E-state index contributed by atoms with van der Waals surface area (Å²) in [5.41, 5.74) is -1.10. The molecule has 2 saturated heterocycles. The summed E-state index contributed by atoms with van der Waals surface area (Å²) in [7, 11) is 0. The van der Waals surface area contributed by atoms with Crippen molar-refractivity contribution in [1.29, 1.82) is 0 Å². The van der Waals surface area contributed by atoms with Crippen molar-refractivity contribution in [2.24, 2.45) is 17.8 Å². The third kappa shape index (κ3) is 5.92. The number of carbonyl (C=O) groups is 5. The Bertz CT molecular complexity index is 2200. The van der Waals surface area contributed by atoms with E-state index in [9.17, 15) is 42.3 Å². The molecule has 0 bridgehead atoms. The molecule has 4 amide bonds. The number of ether oxygens (including phenoxy) is 1. The number of fused-ring (bicyclic) bond motifs is 4. The highest BCUT2D eigenvalue weighted by Crippen LogP contribution is 2.66. The van der Waals surface area contributed by atoms with Crippen LogP contribution in [0.3, 0.4) is 0 Å². The first-order valence-electron chi connectivity index (χ1n) is 17.6. The lowest BCUT2D eigenvalue weighted by Gasteiger charge is -2.50. The van der Waals surface area contributed by atoms with Gasteiger partial charge in [-0.05, 0) is 43.2 Å². The van der Waals surface area contributed by atoms with Gasteiger partial charge in [0, 0.05) is 30.5 Å². The van der Waals surface area contributed by atoms with Crippen LogP contribution in [-0.2, 0) is 30.6 Å². The molecular formula is C39H31Cl2F5N2O8. The van der Waals surface area contributed by atoms with Crippen LogP contribution >= 0.6 is 23.2 Å². The maximum atomic E-state index is 15.3. The predicted molar refractivity (Wildman–Crippen MR) is 188 cm³/mol. The van der Waals surface area contributed by atoms with Crippen molar-refractivity contribution in [1.82, 2.24) is 4.90 Å². The molecule has 0 spiro atoms. The minimum atomic E-state index is -2.81. The molecule has 17 heteroatoms. The lowest BCUT2D eigenvalue weighted by atomic mass is 9.56. The number of alkyl halides is 2. The fourth-order valence-corrected chi connectivity index (χ4v) is 9.45. The maximum absolute atomic E-state index is 15.3. The van der Waals surface area contributed by atoms with Gasteiger partial charge in [-0.1, -0.05) is 54.5 Å². The molecule has 2 N–H and O–H groups in total. The van der Waals surface area contributed by atoms with Gasteiger partial charge in [0.2, 0.25) is 17.6 Å². The number of unbranched alkanes of at least 4 members (excludes halogenated alkanes) is 2. The maximum Gasteiger partial charge on any atom is 0.303 e. The van der Waals surface area contributed by atoms with Crippen molar-refractivity contribution in [3.63, 3.8) is 0 Å². The summed E-state index contributed by atoms with van der Waals surface area (Å²) in [5.74, 6) is -23.3. The number of hydrogen-bond acceptors (Lipinski definition) is 7. The van der Waals surface area contributed by atoms with Crippen LogP contribution in [0.2, 0.25) is 0 Å². The summed E-state index contributed by atoms with van der Waals surface area (Å²) in [6.07, 6.45) is 1.64. The third-order valence-corrected chi connectivity index (χ3v) is 12.6. The van der Waals surface area contributed by atoms with Gasteiger partial charge in [-0.3, -0.25) is 28.9 Å². The molecule has 56 heavy (non-hydrogen) atoms. The van der Waals surface area contributed by atoms with E-state index in [0.29, 0.717) is 19.3 Å². The Morgan fingerprint density at radius 3 is 2.14 bits per heavy atom. The average molecular weight is 822 g/mol. The first-order chi connectivity index (χ1) is 26.5. The molecule has 0 aromatic heterocycles. The standard InChI is InChI=1S/C39H31Cl2F5N2O8/c40-38-16-23-20(12-13-22-26(23)35(53)47(34(22)52)14-6-2-5-9-25(50)51)27(21-11-10-19(15-24(21)49)56-17-18-7-3-1-4-8-18)39(38,41)37(55)48(36(38)54)33-31(45)29(43)28(42)30(44)32(33)46/h1,3-4,7-8,10-12,15,22-23,26-27,49H,2,5-6,9,13-14,16-17H2,(H,50,51)/t22-,23+,26-,27+,38+,39-/m0/s1. The molecule has 3 aromatic carbocycles. The van der Waals surface area contributed by atoms with Gasteiger partial charge in [-0.25, -0.2) is 26.9 Å². The van der Waals surface area contributed by atoms with Crippen molar-refractivity contribution in [2.75, 3.05) is 11.4 Å². The average Bonchev–Trinajstić information content (AvgIpc) is 3.50. The number of phenols is 1. The summed E-state index contributed by atoms with van der Waals surface area (Å²) in [6, 6.07) is 12.9. The minimum Gasteiger partial charge on any atom is -0.508 e. The fourth-order valence-electron chi connectivity index (χ4n) is 8.52. The van der Waals surface area contributed by atoms with Crippen molar-refractivity contribution >= 4 is 58.5 Å². The number of hydrogen-bond donors (Lipinski definition) is 2. The van der Waals surface area contributed by atoms with E-state index in [1.165, 1.54) is 24.3 Å². The van der Waals surface area contributed by atoms with Crippen molar-refractivity contribution in [3.05, 3.63) is 100 Å². The van der Waals surface area contributed by atoms with E-state index < -0.39 is 110 Å². The fraction of sp³-hybridized carbons (Fsp3) is 0.359. The Labute approximate surface area is 325 Å². The number of phenolic OH excluding ortho intramolecular Hbond substituents is 1. The Morgan fingerprint density at radius 1 is 0.839 bits per heavy atom. The highest BCUT2D eigenvalue weighted by Gasteiger charge is 2.77. The molecule has 10 nitrogen and oxygen atoms in total. The second kappa shape index (κ2) is 14.5. The highest BCUT2D eigenvalue weighted by molar-refractivity contribution is 6.58. The van der Waals surface area contributed by atoms with Gasteiger partial charge < -0.3 is 14.9 Å². The van der Waals surface area contributed by atoms with Gasteiger partial charge in [0.05, 0.1) is 11.8 Å². The largest absolute Gasteiger partial charge is 0.508 e. The predicted octanol–water partition coefficient (Wildman–Crippen LogP) is 6.88. The Hall–Kier alpha value is -5.02. The van der Waals surface area contributed by atoms with Gasteiger partial charge in [0.25, 0.3) is 11.8 Å². The van der Waals surface area contributed by atoms with Gasteiger partial charge >= 0.3 is 5.97 Å². The number of carboxylic acid groups (broad SMARTS) is 1. The number of likely N-dealkylation sites (tertiary alicyclic amines) is 1. The minimum absolute atomic E-state index is 0.0437. The summed E-state index contributed by atoms with van der Waals surface area (Å²) < 4.78 is 79.6. The number of nitrogens with zero attached hydrogens (tertiary/aromatic N) is 2. The molecule has 2 aliphatic carbocycles. The first kappa shape index (κ1) is 39.2. The van der Waals surface area contributed by atoms with Crippen molar-refractivity contribution in [3.8, 4) is 11.5 Å². The van der Waals surface area contributed by atoms with E-state index in [0.717, 1.165) is 10.5 Å². The number of benzene rings is 3. The van der Waals surface area contributed by atoms with Gasteiger partial charge in [-0.2, -0.15) is 0 Å². The van der Waals surface area contributed by atoms with Crippen LogP contribution in [0.25, 0.3) is 0 Å². The monoisotopic (exact) mass is 820 g/mol. The van der Waals surface area contributed by atoms with Gasteiger partial charge in [0.1, 0.15) is 23.8 Å². The van der Waals surface area contributed by atoms with E-state index in [1.807, 2.05) is 6.07 Å². The SMILES string of the molecule is O=C(O)CCCCCN1C(=O)[C@H]2[C@H](CC=C3[C@H]2C[C@@]2(Cl)C(=O)N(c4c(F)c(F)c(F)c(F)c4F)C(=O)[C@@]2(Cl)[C@H]3c2ccc(OCc3ccccc3)cc2O)C1=O. The van der Waals surface area contributed by atoms with Crippen LogP contribution in [-0.4, -0.2) is 61.0 Å². The number of aromatic hydroxyl groups is 1. The normalized spacial score (nSPS) is 26.9. The van der Waals surface area contributed by atoms with Crippen molar-refractivity contribution in [2.45, 2.75) is 60.8 Å². The quantitative estimate of drug-likeness (QED) is 0.0406. The molecule has 294 valence electrons. The van der Waals surface area contributed by atoms with Crippen LogP contribution in [0, 0.1) is 46.8 Å². The second-order valence-electron chi connectivity index (χ2n) is 14.2. The number of aliphatic carboxylic acids is 1. The third-order valence-electron chi connectivity index (χ3n) is 11.1. The number of anilines is 1. The zero-order valence-corrected chi connectivity index (χ0v) is 30.6. The molecule has 2 heterocycles. The second-order valence-corrected chi connectivity index (χ2v) is 15.5. The molecule has 4 aliphatic rings. The summed E-state index contributed by atoms with van der Waals surface area (Å²) in [6.45, 7) is 0.0392. The van der Waals surface area contributed by atoms with E-state index in [-0.39, 0.29) is 47.8 Å². The number of allylic oxidation sites excluding steroid dienone is 2. The smallest absolute Gasteiger partial charge is 0.303 e. The lowest BCUT2D eigenvalue weighted by Crippen LogP contribution is -2.60. The molecule has 6 atom stereocenters. The Morgan fingerprint density at radius 2 is 1.50 bits per heavy atom. The van der Waals surface area contributed by atoms with Crippen LogP contribution < -0.4 is 9.64 Å². The summed E-state index contributed by atoms with van der Waals surface area (Å²) in [4.78, 5) is 62.7. The van der Waals surface area contributed by atoms with Gasteiger partial charge in [-0.15, -0.1) is 23.2 Å². The van der Waals surface area contributed by atoms with E-state index in [4.69, 9.17) is 33.0 Å². The Balaban J connectivity index is 1.32. The molecule has 0 unspecified atom stereocenters. The highest BCUT2D eigenvalue weighted by atomic mass is 35.5. The summed E-state index contributed by atoms with van der Waals surface area (Å²) in [5, 5.41) is 20.5. The van der Waals surface area contributed by atoms with E-state index in [2.05, 4.69) is 0 Å². The number of halogens is 7. The number of rotatable bonds is 11. The zero-order valence-electron chi connectivity index (χ0n) is 29.0. The van der Waals surface area contributed by atoms with Crippen LogP contribution in [0.15, 0.2) is 60.2 Å². The lowest BCUT2D eigenvalue weighted by molar-refractivity contribution is -0.141. The molecule has 0 radical (unpaired) electrons. The van der Waals surface area contributed by atoms with Crippen LogP contribution in [0.4, 0.5) is 27.6 Å². The van der Waals surface area contributed by atoms with Crippen LogP contribution in [0.1, 0.15) is 55.6 Å². The summed E-state index contributed by atoms with van der Waals surface area (Å²) >= 11 is 14.3. The van der Waals surface area contributed by atoms with E-state index >= 15 is 8.78 Å². The molecule has 7 rings (SSSR count). The topological polar surface area (TPSA) is 142 Å². The Kier molecular flexibility index (Phi) is 10.1. The molecule has 1 saturated carbocycles. The van der Waals surface area contributed by atoms with E-state index in [1.54, 1.807) is 24.3 Å². The van der Waals surface area contributed by atoms with Crippen LogP contribution in [0.5, 0.6) is 11.5 Å². The molecular weight excluding hydrogens is 790 g/mol. The number of carboxylic acids is 1.